The molecule has 3 aromatic rings. The number of benzene rings is 3. The zero-order valence-electron chi connectivity index (χ0n) is 23.2. The van der Waals surface area contributed by atoms with Crippen molar-refractivity contribution in [3.05, 3.63) is 104 Å². The van der Waals surface area contributed by atoms with E-state index in [4.69, 9.17) is 24.4 Å². The average molecular weight is 671 g/mol. The molecule has 0 atom stereocenters. The second-order valence-corrected chi connectivity index (χ2v) is 11.3. The quantitative estimate of drug-likeness (QED) is 0.0927. The van der Waals surface area contributed by atoms with Crippen LogP contribution in [0.3, 0.4) is 0 Å². The van der Waals surface area contributed by atoms with Crippen LogP contribution in [0.5, 0.6) is 0 Å². The van der Waals surface area contributed by atoms with E-state index in [2.05, 4.69) is 21.3 Å². The van der Waals surface area contributed by atoms with Gasteiger partial charge in [-0.05, 0) is 46.5 Å². The van der Waals surface area contributed by atoms with Crippen molar-refractivity contribution in [1.82, 2.24) is 21.3 Å². The SMILES string of the molecule is CC(C)(C)c1cc(CNC(=S)NCc2c(F)c(F)c(F)c(F)c2F)cc(CNC(=S)NCc2c(F)c(F)c(F)c(F)c2F)c1. The maximum absolute atomic E-state index is 13.9. The van der Waals surface area contributed by atoms with Crippen LogP contribution < -0.4 is 21.3 Å². The molecule has 44 heavy (non-hydrogen) atoms. The Bertz CT molecular complexity index is 1440. The van der Waals surface area contributed by atoms with Crippen LogP contribution in [0.15, 0.2) is 18.2 Å². The molecule has 0 aliphatic carbocycles. The standard InChI is InChI=1S/C28H24F10N4S2/c1-28(2,3)13-5-11(7-39-26(43)41-9-14-16(29)20(33)24(37)21(34)17(14)30)4-12(6-13)8-40-27(44)42-10-15-18(31)22(35)25(38)23(36)19(15)32/h4-6H,7-10H2,1-3H3,(H2,39,41,43)(H2,40,42,44). The van der Waals surface area contributed by atoms with Crippen LogP contribution >= 0.6 is 24.4 Å². The summed E-state index contributed by atoms with van der Waals surface area (Å²) in [5.41, 5.74) is -0.337. The maximum Gasteiger partial charge on any atom is 0.200 e. The van der Waals surface area contributed by atoms with Gasteiger partial charge < -0.3 is 21.3 Å². The van der Waals surface area contributed by atoms with Crippen molar-refractivity contribution < 1.29 is 43.9 Å². The highest BCUT2D eigenvalue weighted by atomic mass is 32.1. The Labute approximate surface area is 256 Å². The number of thiocarbonyl (C=S) groups is 2. The van der Waals surface area contributed by atoms with Crippen LogP contribution in [0.4, 0.5) is 43.9 Å². The minimum absolute atomic E-state index is 0.0722. The highest BCUT2D eigenvalue weighted by Gasteiger charge is 2.27. The molecule has 0 unspecified atom stereocenters. The zero-order valence-corrected chi connectivity index (χ0v) is 24.8. The van der Waals surface area contributed by atoms with Crippen molar-refractivity contribution >= 4 is 34.7 Å². The highest BCUT2D eigenvalue weighted by Crippen LogP contribution is 2.26. The first kappa shape index (κ1) is 34.8. The van der Waals surface area contributed by atoms with E-state index in [1.165, 1.54) is 0 Å². The van der Waals surface area contributed by atoms with E-state index < -0.39 is 82.4 Å². The van der Waals surface area contributed by atoms with Crippen LogP contribution in [-0.2, 0) is 31.6 Å². The van der Waals surface area contributed by atoms with Gasteiger partial charge in [-0.25, -0.2) is 43.9 Å². The Kier molecular flexibility index (Phi) is 11.1. The van der Waals surface area contributed by atoms with Gasteiger partial charge in [-0.3, -0.25) is 0 Å². The van der Waals surface area contributed by atoms with Gasteiger partial charge in [-0.2, -0.15) is 0 Å². The van der Waals surface area contributed by atoms with E-state index in [0.29, 0.717) is 11.1 Å². The second kappa shape index (κ2) is 14.0. The van der Waals surface area contributed by atoms with Crippen molar-refractivity contribution in [3.8, 4) is 0 Å². The smallest absolute Gasteiger partial charge is 0.200 e. The number of hydrogen-bond donors (Lipinski definition) is 4. The molecule has 0 aromatic heterocycles. The normalized spacial score (nSPS) is 11.4. The van der Waals surface area contributed by atoms with E-state index >= 15 is 0 Å². The van der Waals surface area contributed by atoms with Gasteiger partial charge in [0.25, 0.3) is 0 Å². The van der Waals surface area contributed by atoms with Gasteiger partial charge in [-0.15, -0.1) is 0 Å². The van der Waals surface area contributed by atoms with Crippen molar-refractivity contribution in [2.45, 2.75) is 52.4 Å². The topological polar surface area (TPSA) is 48.1 Å². The first-order valence-corrected chi connectivity index (χ1v) is 13.4. The van der Waals surface area contributed by atoms with Gasteiger partial charge in [0.15, 0.2) is 56.8 Å². The Balaban J connectivity index is 1.65. The Hall–Kier alpha value is -3.66. The lowest BCUT2D eigenvalue weighted by molar-refractivity contribution is 0.369. The summed E-state index contributed by atoms with van der Waals surface area (Å²) in [6.07, 6.45) is 0. The molecule has 0 aliphatic rings. The maximum atomic E-state index is 13.9. The van der Waals surface area contributed by atoms with Crippen molar-refractivity contribution in [2.24, 2.45) is 0 Å². The number of halogens is 10. The van der Waals surface area contributed by atoms with Crippen molar-refractivity contribution in [1.29, 1.82) is 0 Å². The predicted molar refractivity (Wildman–Crippen MR) is 150 cm³/mol. The second-order valence-electron chi connectivity index (χ2n) is 10.5. The first-order chi connectivity index (χ1) is 20.4. The van der Waals surface area contributed by atoms with Gasteiger partial charge in [0.05, 0.1) is 0 Å². The fraction of sp³-hybridized carbons (Fsp3) is 0.286. The fourth-order valence-electron chi connectivity index (χ4n) is 3.84. The number of hydrogen-bond acceptors (Lipinski definition) is 2. The number of nitrogens with one attached hydrogen (secondary N) is 4. The molecule has 4 nitrogen and oxygen atoms in total. The molecule has 0 saturated carbocycles. The van der Waals surface area contributed by atoms with E-state index in [9.17, 15) is 43.9 Å². The molecule has 4 N–H and O–H groups in total. The average Bonchev–Trinajstić information content (AvgIpc) is 2.98. The highest BCUT2D eigenvalue weighted by molar-refractivity contribution is 7.80. The molecule has 3 aromatic carbocycles. The Morgan fingerprint density at radius 2 is 0.750 bits per heavy atom. The van der Waals surface area contributed by atoms with Gasteiger partial charge in [0.2, 0.25) is 11.6 Å². The lowest BCUT2D eigenvalue weighted by atomic mass is 9.85. The van der Waals surface area contributed by atoms with Crippen LogP contribution in [0.2, 0.25) is 0 Å². The minimum atomic E-state index is -2.27. The van der Waals surface area contributed by atoms with Gasteiger partial charge in [0, 0.05) is 37.3 Å². The Morgan fingerprint density at radius 3 is 1.05 bits per heavy atom. The fourth-order valence-corrected chi connectivity index (χ4v) is 4.13. The third-order valence-electron chi connectivity index (χ3n) is 6.28. The summed E-state index contributed by atoms with van der Waals surface area (Å²) in [5, 5.41) is 10.1. The van der Waals surface area contributed by atoms with E-state index in [-0.39, 0.29) is 28.7 Å². The van der Waals surface area contributed by atoms with Gasteiger partial charge in [0.1, 0.15) is 0 Å². The largest absolute Gasteiger partial charge is 0.359 e. The van der Waals surface area contributed by atoms with Gasteiger partial charge >= 0.3 is 0 Å². The summed E-state index contributed by atoms with van der Waals surface area (Å²) in [5.74, 6) is -20.8. The third-order valence-corrected chi connectivity index (χ3v) is 6.85. The van der Waals surface area contributed by atoms with Gasteiger partial charge in [-0.1, -0.05) is 39.0 Å². The summed E-state index contributed by atoms with van der Waals surface area (Å²) in [4.78, 5) is 0. The summed E-state index contributed by atoms with van der Waals surface area (Å²) >= 11 is 10.2. The lowest BCUT2D eigenvalue weighted by Crippen LogP contribution is -2.35. The van der Waals surface area contributed by atoms with Crippen LogP contribution in [0.1, 0.15) is 48.6 Å². The van der Waals surface area contributed by atoms with Crippen molar-refractivity contribution in [2.75, 3.05) is 0 Å². The van der Waals surface area contributed by atoms with E-state index in [1.54, 1.807) is 6.07 Å². The molecule has 0 radical (unpaired) electrons. The summed E-state index contributed by atoms with van der Waals surface area (Å²) < 4.78 is 136. The molecule has 0 fully saturated rings. The molecular formula is C28H24F10N4S2. The van der Waals surface area contributed by atoms with E-state index in [0.717, 1.165) is 5.56 Å². The van der Waals surface area contributed by atoms with Crippen molar-refractivity contribution in [3.63, 3.8) is 0 Å². The molecule has 0 spiro atoms. The Morgan fingerprint density at radius 1 is 0.477 bits per heavy atom. The van der Waals surface area contributed by atoms with Crippen LogP contribution in [0, 0.1) is 58.2 Å². The molecule has 0 aliphatic heterocycles. The van der Waals surface area contributed by atoms with Crippen LogP contribution in [0.25, 0.3) is 0 Å². The van der Waals surface area contributed by atoms with Crippen LogP contribution in [-0.4, -0.2) is 10.2 Å². The summed E-state index contributed by atoms with van der Waals surface area (Å²) in [7, 11) is 0. The lowest BCUT2D eigenvalue weighted by Gasteiger charge is -2.22. The minimum Gasteiger partial charge on any atom is -0.359 e. The summed E-state index contributed by atoms with van der Waals surface area (Å²) in [6.45, 7) is 4.37. The third kappa shape index (κ3) is 7.88. The molecule has 16 heteroatoms. The molecule has 0 saturated heterocycles. The predicted octanol–water partition coefficient (Wildman–Crippen LogP) is 6.70. The first-order valence-electron chi connectivity index (χ1n) is 12.6. The molecule has 3 rings (SSSR count). The molecular weight excluding hydrogens is 646 g/mol. The molecule has 0 amide bonds. The summed E-state index contributed by atoms with van der Waals surface area (Å²) in [6, 6.07) is 5.39. The number of rotatable bonds is 8. The van der Waals surface area contributed by atoms with E-state index in [1.807, 2.05) is 32.9 Å². The molecule has 0 heterocycles. The monoisotopic (exact) mass is 670 g/mol. The molecule has 0 bridgehead atoms. The zero-order chi connectivity index (χ0) is 33.1. The molecule has 238 valence electrons.